The number of rotatable bonds is 6. The van der Waals surface area contributed by atoms with Crippen molar-refractivity contribution in [3.8, 4) is 5.75 Å². The fourth-order valence-corrected chi connectivity index (χ4v) is 7.54. The highest BCUT2D eigenvalue weighted by Gasteiger charge is 2.39. The van der Waals surface area contributed by atoms with Gasteiger partial charge in [-0.3, -0.25) is 9.48 Å². The zero-order valence-electron chi connectivity index (χ0n) is 24.9. The van der Waals surface area contributed by atoms with Crippen LogP contribution in [0, 0.1) is 5.41 Å². The van der Waals surface area contributed by atoms with E-state index in [1.54, 1.807) is 12.1 Å². The van der Waals surface area contributed by atoms with Crippen molar-refractivity contribution in [2.45, 2.75) is 88.5 Å². The lowest BCUT2D eigenvalue weighted by Crippen LogP contribution is -2.47. The number of methoxy groups -OCH3 is 1. The van der Waals surface area contributed by atoms with Gasteiger partial charge >= 0.3 is 6.18 Å². The van der Waals surface area contributed by atoms with E-state index in [9.17, 15) is 18.0 Å². The number of aromatic nitrogens is 3. The Morgan fingerprint density at radius 1 is 1.05 bits per heavy atom. The number of pyridine rings is 1. The van der Waals surface area contributed by atoms with Crippen molar-refractivity contribution < 1.29 is 22.7 Å². The van der Waals surface area contributed by atoms with Crippen LogP contribution in [0.25, 0.3) is 10.9 Å². The summed E-state index contributed by atoms with van der Waals surface area (Å²) in [6.07, 6.45) is 9.73. The van der Waals surface area contributed by atoms with Gasteiger partial charge in [-0.05, 0) is 108 Å². The van der Waals surface area contributed by atoms with E-state index in [2.05, 4.69) is 27.6 Å². The van der Waals surface area contributed by atoms with Crippen molar-refractivity contribution in [3.63, 3.8) is 0 Å². The van der Waals surface area contributed by atoms with E-state index in [-0.39, 0.29) is 5.69 Å². The summed E-state index contributed by atoms with van der Waals surface area (Å²) in [5.74, 6) is -0.371. The Labute approximate surface area is 250 Å². The molecule has 0 atom stereocenters. The molecule has 0 bridgehead atoms. The van der Waals surface area contributed by atoms with Crippen molar-refractivity contribution in [2.75, 3.05) is 32.6 Å². The van der Waals surface area contributed by atoms with Gasteiger partial charge in [0.15, 0.2) is 0 Å². The number of hydrogen-bond acceptors (Lipinski definition) is 6. The van der Waals surface area contributed by atoms with E-state index in [0.717, 1.165) is 42.7 Å². The Morgan fingerprint density at radius 3 is 2.42 bits per heavy atom. The number of anilines is 1. The van der Waals surface area contributed by atoms with Crippen molar-refractivity contribution in [3.05, 3.63) is 47.9 Å². The standard InChI is InChI=1S/C32H41F3N6O2/c1-40(23-10-12-31(13-11-23)14-16-36-17-15-31)22-6-8-24(9-7-22)41-20-21-18-27(28(43-2)19-26(21)39-41)38-30(42)25-4-3-5-29(37-25)32(33,34)35/h3-5,18-20,22-24,36H,6-17H2,1-2H3,(H,38,42). The molecule has 0 radical (unpaired) electrons. The zero-order chi connectivity index (χ0) is 30.2. The first-order chi connectivity index (χ1) is 20.6. The number of alkyl halides is 3. The van der Waals surface area contributed by atoms with Crippen LogP contribution in [-0.2, 0) is 6.18 Å². The van der Waals surface area contributed by atoms with Crippen molar-refractivity contribution in [1.29, 1.82) is 0 Å². The van der Waals surface area contributed by atoms with Crippen LogP contribution >= 0.6 is 0 Å². The Kier molecular flexibility index (Phi) is 8.39. The van der Waals surface area contributed by atoms with Gasteiger partial charge < -0.3 is 20.3 Å². The summed E-state index contributed by atoms with van der Waals surface area (Å²) in [4.78, 5) is 19.0. The lowest BCUT2D eigenvalue weighted by atomic mass is 9.67. The first-order valence-corrected chi connectivity index (χ1v) is 15.5. The summed E-state index contributed by atoms with van der Waals surface area (Å²) >= 11 is 0. The van der Waals surface area contributed by atoms with Gasteiger partial charge in [0.1, 0.15) is 17.1 Å². The van der Waals surface area contributed by atoms with Crippen molar-refractivity contribution in [1.82, 2.24) is 25.0 Å². The number of carbonyl (C=O) groups excluding carboxylic acids is 1. The Balaban J connectivity index is 1.09. The van der Waals surface area contributed by atoms with E-state index in [0.29, 0.717) is 35.0 Å². The first kappa shape index (κ1) is 29.9. The molecule has 3 aromatic rings. The average Bonchev–Trinajstić information content (AvgIpc) is 3.44. The maximum Gasteiger partial charge on any atom is 0.433 e. The molecule has 2 aliphatic carbocycles. The third kappa shape index (κ3) is 6.38. The number of nitrogens with zero attached hydrogens (tertiary/aromatic N) is 4. The molecule has 2 N–H and O–H groups in total. The molecule has 8 nitrogen and oxygen atoms in total. The molecular weight excluding hydrogens is 557 g/mol. The number of ether oxygens (including phenoxy) is 1. The van der Waals surface area contributed by atoms with Crippen LogP contribution < -0.4 is 15.4 Å². The number of benzene rings is 1. The zero-order valence-corrected chi connectivity index (χ0v) is 24.9. The van der Waals surface area contributed by atoms with E-state index in [4.69, 9.17) is 9.84 Å². The van der Waals surface area contributed by atoms with E-state index in [1.807, 2.05) is 10.9 Å². The third-order valence-electron chi connectivity index (χ3n) is 10.2. The smallest absolute Gasteiger partial charge is 0.433 e. The Morgan fingerprint density at radius 2 is 1.74 bits per heavy atom. The molecule has 1 spiro atoms. The minimum absolute atomic E-state index is 0.291. The SMILES string of the molecule is COc1cc2nn(C3CCC(N(C)C4CCC5(CCNCC5)CC4)CC3)cc2cc1NC(=O)c1cccc(C(F)(F)F)n1. The minimum Gasteiger partial charge on any atom is -0.494 e. The highest BCUT2D eigenvalue weighted by Crippen LogP contribution is 2.45. The van der Waals surface area contributed by atoms with Crippen LogP contribution in [0.3, 0.4) is 0 Å². The molecule has 2 saturated carbocycles. The molecule has 0 unspecified atom stereocenters. The number of amides is 1. The third-order valence-corrected chi connectivity index (χ3v) is 10.2. The predicted octanol–water partition coefficient (Wildman–Crippen LogP) is 6.44. The molecule has 1 saturated heterocycles. The number of halogens is 3. The van der Waals surface area contributed by atoms with Crippen LogP contribution in [-0.4, -0.2) is 64.9 Å². The van der Waals surface area contributed by atoms with Gasteiger partial charge in [0.05, 0.1) is 24.4 Å². The van der Waals surface area contributed by atoms with E-state index in [1.165, 1.54) is 70.9 Å². The minimum atomic E-state index is -4.64. The maximum atomic E-state index is 13.1. The molecule has 1 aliphatic heterocycles. The summed E-state index contributed by atoms with van der Waals surface area (Å²) in [5, 5.41) is 11.8. The van der Waals surface area contributed by atoms with Gasteiger partial charge in [0.25, 0.3) is 5.91 Å². The van der Waals surface area contributed by atoms with Gasteiger partial charge in [0, 0.05) is 29.7 Å². The van der Waals surface area contributed by atoms with Crippen LogP contribution in [0.2, 0.25) is 0 Å². The second-order valence-electron chi connectivity index (χ2n) is 12.7. The van der Waals surface area contributed by atoms with Crippen LogP contribution in [0.4, 0.5) is 18.9 Å². The van der Waals surface area contributed by atoms with Gasteiger partial charge in [-0.2, -0.15) is 18.3 Å². The number of hydrogen-bond donors (Lipinski definition) is 2. The molecular formula is C32H41F3N6O2. The lowest BCUT2D eigenvalue weighted by molar-refractivity contribution is -0.141. The molecule has 43 heavy (non-hydrogen) atoms. The van der Waals surface area contributed by atoms with Gasteiger partial charge in [-0.15, -0.1) is 0 Å². The summed E-state index contributed by atoms with van der Waals surface area (Å²) in [6, 6.07) is 8.33. The first-order valence-electron chi connectivity index (χ1n) is 15.5. The van der Waals surface area contributed by atoms with Crippen molar-refractivity contribution in [2.24, 2.45) is 5.41 Å². The topological polar surface area (TPSA) is 84.3 Å². The van der Waals surface area contributed by atoms with Crippen LogP contribution in [0.15, 0.2) is 36.5 Å². The fourth-order valence-electron chi connectivity index (χ4n) is 7.54. The quantitative estimate of drug-likeness (QED) is 0.340. The molecule has 232 valence electrons. The normalized spacial score (nSPS) is 23.1. The second kappa shape index (κ2) is 12.1. The second-order valence-corrected chi connectivity index (χ2v) is 12.7. The molecule has 3 fully saturated rings. The summed E-state index contributed by atoms with van der Waals surface area (Å²) in [7, 11) is 3.81. The van der Waals surface area contributed by atoms with Crippen molar-refractivity contribution >= 4 is 22.5 Å². The highest BCUT2D eigenvalue weighted by molar-refractivity contribution is 6.05. The monoisotopic (exact) mass is 598 g/mol. The maximum absolute atomic E-state index is 13.1. The number of nitrogens with one attached hydrogen (secondary N) is 2. The number of piperidine rings is 1. The van der Waals surface area contributed by atoms with Gasteiger partial charge in [-0.1, -0.05) is 6.07 Å². The molecule has 1 amide bonds. The molecule has 11 heteroatoms. The predicted molar refractivity (Wildman–Crippen MR) is 159 cm³/mol. The summed E-state index contributed by atoms with van der Waals surface area (Å²) in [5.41, 5.74) is 0.230. The van der Waals surface area contributed by atoms with Gasteiger partial charge in [0.2, 0.25) is 0 Å². The number of fused-ring (bicyclic) bond motifs is 1. The molecule has 3 aliphatic rings. The van der Waals surface area contributed by atoms with E-state index >= 15 is 0 Å². The Hall–Kier alpha value is -3.18. The number of carbonyl (C=O) groups is 1. The summed E-state index contributed by atoms with van der Waals surface area (Å²) in [6.45, 7) is 2.35. The highest BCUT2D eigenvalue weighted by atomic mass is 19.4. The molecule has 2 aromatic heterocycles. The Bertz CT molecular complexity index is 1430. The van der Waals surface area contributed by atoms with Crippen LogP contribution in [0.1, 0.15) is 86.4 Å². The summed E-state index contributed by atoms with van der Waals surface area (Å²) < 4.78 is 46.8. The largest absolute Gasteiger partial charge is 0.494 e. The van der Waals surface area contributed by atoms with Crippen LogP contribution in [0.5, 0.6) is 5.75 Å². The van der Waals surface area contributed by atoms with E-state index < -0.39 is 17.8 Å². The van der Waals surface area contributed by atoms with Gasteiger partial charge in [-0.25, -0.2) is 4.98 Å². The molecule has 3 heterocycles. The molecule has 1 aromatic carbocycles. The fraction of sp³-hybridized carbons (Fsp3) is 0.594. The molecule has 6 rings (SSSR count). The lowest BCUT2D eigenvalue weighted by Gasteiger charge is -2.47. The average molecular weight is 599 g/mol.